The van der Waals surface area contributed by atoms with E-state index < -0.39 is 31.2 Å². The number of hydrogen-bond donors (Lipinski definition) is 2. The van der Waals surface area contributed by atoms with Gasteiger partial charge in [0.15, 0.2) is 0 Å². The van der Waals surface area contributed by atoms with Crippen LogP contribution in [-0.4, -0.2) is 36.9 Å². The Labute approximate surface area is 105 Å². The highest BCUT2D eigenvalue weighted by Gasteiger charge is 2.25. The number of rotatable bonds is 5. The summed E-state index contributed by atoms with van der Waals surface area (Å²) >= 11 is 0. The van der Waals surface area contributed by atoms with Gasteiger partial charge in [0, 0.05) is 0 Å². The molecule has 0 aliphatic rings. The maximum Gasteiger partial charge on any atom is 0.272 e. The van der Waals surface area contributed by atoms with Crippen LogP contribution in [0.4, 0.5) is 0 Å². The van der Waals surface area contributed by atoms with Crippen LogP contribution in [0.25, 0.3) is 6.08 Å². The first-order valence-corrected chi connectivity index (χ1v) is 7.94. The maximum absolute atomic E-state index is 11.0. The molecule has 8 heteroatoms. The quantitative estimate of drug-likeness (QED) is 0.778. The summed E-state index contributed by atoms with van der Waals surface area (Å²) in [5.74, 6) is -1.09. The average Bonchev–Trinajstić information content (AvgIpc) is 2.22. The molecular weight excluding hydrogens is 280 g/mol. The smallest absolute Gasteiger partial charge is 0.272 e. The zero-order chi connectivity index (χ0) is 13.8. The minimum absolute atomic E-state index is 0.640. The van der Waals surface area contributed by atoms with Crippen LogP contribution < -0.4 is 0 Å². The Morgan fingerprint density at radius 1 is 1.06 bits per heavy atom. The van der Waals surface area contributed by atoms with E-state index in [9.17, 15) is 16.8 Å². The fourth-order valence-electron chi connectivity index (χ4n) is 1.23. The molecule has 0 aliphatic heterocycles. The molecule has 0 saturated carbocycles. The van der Waals surface area contributed by atoms with Gasteiger partial charge >= 0.3 is 0 Å². The average molecular weight is 292 g/mol. The van der Waals surface area contributed by atoms with Crippen molar-refractivity contribution in [1.82, 2.24) is 0 Å². The summed E-state index contributed by atoms with van der Waals surface area (Å²) < 4.78 is 60.7. The Morgan fingerprint density at radius 3 is 2.06 bits per heavy atom. The molecule has 18 heavy (non-hydrogen) atoms. The minimum atomic E-state index is -4.59. The normalized spacial score (nSPS) is 14.8. The first kappa shape index (κ1) is 14.8. The van der Waals surface area contributed by atoms with Crippen LogP contribution in [0.1, 0.15) is 5.56 Å². The van der Waals surface area contributed by atoms with E-state index in [4.69, 9.17) is 9.11 Å². The van der Waals surface area contributed by atoms with Crippen molar-refractivity contribution in [2.45, 2.75) is 5.25 Å². The van der Waals surface area contributed by atoms with Crippen molar-refractivity contribution < 1.29 is 25.9 Å². The minimum Gasteiger partial charge on any atom is -0.285 e. The van der Waals surface area contributed by atoms with Gasteiger partial charge in [0.2, 0.25) is 0 Å². The van der Waals surface area contributed by atoms with Crippen molar-refractivity contribution in [3.8, 4) is 0 Å². The van der Waals surface area contributed by atoms with Crippen LogP contribution in [0.5, 0.6) is 0 Å². The Bertz CT molecular complexity index is 616. The van der Waals surface area contributed by atoms with E-state index >= 15 is 0 Å². The highest BCUT2D eigenvalue weighted by Crippen LogP contribution is 2.08. The monoisotopic (exact) mass is 292 g/mol. The van der Waals surface area contributed by atoms with E-state index in [1.54, 1.807) is 30.3 Å². The van der Waals surface area contributed by atoms with E-state index in [2.05, 4.69) is 0 Å². The lowest BCUT2D eigenvalue weighted by Crippen LogP contribution is -2.27. The molecule has 1 atom stereocenters. The first-order valence-electron chi connectivity index (χ1n) is 4.83. The third-order valence-electron chi connectivity index (χ3n) is 2.06. The molecule has 0 fully saturated rings. The summed E-state index contributed by atoms with van der Waals surface area (Å²) in [6, 6.07) is 8.53. The van der Waals surface area contributed by atoms with Gasteiger partial charge in [-0.2, -0.15) is 16.8 Å². The van der Waals surface area contributed by atoms with Crippen molar-refractivity contribution in [2.24, 2.45) is 0 Å². The molecule has 0 aromatic heterocycles. The van der Waals surface area contributed by atoms with Gasteiger partial charge in [-0.1, -0.05) is 42.5 Å². The summed E-state index contributed by atoms with van der Waals surface area (Å²) in [5, 5.41) is -1.70. The molecular formula is C10H12O6S2. The van der Waals surface area contributed by atoms with Gasteiger partial charge < -0.3 is 0 Å². The first-order chi connectivity index (χ1) is 8.18. The molecule has 100 valence electrons. The van der Waals surface area contributed by atoms with E-state index in [0.29, 0.717) is 5.56 Å². The SMILES string of the molecule is O=S(=O)(O)CC(C=Cc1ccccc1)S(=O)(=O)O. The van der Waals surface area contributed by atoms with E-state index in [1.165, 1.54) is 6.08 Å². The van der Waals surface area contributed by atoms with Crippen molar-refractivity contribution in [2.75, 3.05) is 5.75 Å². The largest absolute Gasteiger partial charge is 0.285 e. The summed E-state index contributed by atoms with van der Waals surface area (Å²) in [7, 11) is -9.10. The van der Waals surface area contributed by atoms with Gasteiger partial charge in [-0.05, 0) is 5.56 Å². The predicted molar refractivity (Wildman–Crippen MR) is 67.2 cm³/mol. The second-order valence-electron chi connectivity index (χ2n) is 3.57. The number of benzene rings is 1. The van der Waals surface area contributed by atoms with Crippen molar-refractivity contribution in [3.05, 3.63) is 42.0 Å². The van der Waals surface area contributed by atoms with Crippen LogP contribution in [0.2, 0.25) is 0 Å². The fourth-order valence-corrected chi connectivity index (χ4v) is 3.24. The molecule has 0 spiro atoms. The van der Waals surface area contributed by atoms with Gasteiger partial charge in [0.05, 0.1) is 5.75 Å². The zero-order valence-electron chi connectivity index (χ0n) is 9.17. The molecule has 1 aromatic rings. The molecule has 0 bridgehead atoms. The Kier molecular flexibility index (Phi) is 4.63. The number of hydrogen-bond acceptors (Lipinski definition) is 4. The lowest BCUT2D eigenvalue weighted by atomic mass is 10.2. The zero-order valence-corrected chi connectivity index (χ0v) is 10.8. The van der Waals surface area contributed by atoms with Gasteiger partial charge in [0.1, 0.15) is 5.25 Å². The second-order valence-corrected chi connectivity index (χ2v) is 6.70. The molecule has 1 rings (SSSR count). The molecule has 2 N–H and O–H groups in total. The summed E-state index contributed by atoms with van der Waals surface area (Å²) in [5.41, 5.74) is 0.640. The highest BCUT2D eigenvalue weighted by molar-refractivity contribution is 7.90. The van der Waals surface area contributed by atoms with E-state index in [-0.39, 0.29) is 0 Å². The van der Waals surface area contributed by atoms with Crippen LogP contribution in [0, 0.1) is 0 Å². The molecule has 0 heterocycles. The summed E-state index contributed by atoms with van der Waals surface area (Å²) in [4.78, 5) is 0. The predicted octanol–water partition coefficient (Wildman–Crippen LogP) is 0.844. The summed E-state index contributed by atoms with van der Waals surface area (Å²) in [6.45, 7) is 0. The fraction of sp³-hybridized carbons (Fsp3) is 0.200. The lowest BCUT2D eigenvalue weighted by Gasteiger charge is -2.06. The van der Waals surface area contributed by atoms with Gasteiger partial charge in [-0.15, -0.1) is 0 Å². The summed E-state index contributed by atoms with van der Waals surface area (Å²) in [6.07, 6.45) is 2.36. The Morgan fingerprint density at radius 2 is 1.61 bits per heavy atom. The van der Waals surface area contributed by atoms with Crippen LogP contribution in [0.15, 0.2) is 36.4 Å². The van der Waals surface area contributed by atoms with Crippen molar-refractivity contribution >= 4 is 26.3 Å². The van der Waals surface area contributed by atoms with E-state index in [0.717, 1.165) is 6.08 Å². The third-order valence-corrected chi connectivity index (χ3v) is 4.14. The van der Waals surface area contributed by atoms with E-state index in [1.807, 2.05) is 0 Å². The van der Waals surface area contributed by atoms with Crippen molar-refractivity contribution in [3.63, 3.8) is 0 Å². The molecule has 6 nitrogen and oxygen atoms in total. The molecule has 0 amide bonds. The highest BCUT2D eigenvalue weighted by atomic mass is 32.2. The second kappa shape index (κ2) is 5.61. The van der Waals surface area contributed by atoms with Crippen LogP contribution >= 0.6 is 0 Å². The molecule has 1 unspecified atom stereocenters. The Hall–Kier alpha value is -1.22. The molecule has 1 aromatic carbocycles. The molecule has 0 aliphatic carbocycles. The van der Waals surface area contributed by atoms with Crippen molar-refractivity contribution in [1.29, 1.82) is 0 Å². The van der Waals surface area contributed by atoms with Gasteiger partial charge in [-0.3, -0.25) is 9.11 Å². The topological polar surface area (TPSA) is 109 Å². The third kappa shape index (κ3) is 5.41. The lowest BCUT2D eigenvalue weighted by molar-refractivity contribution is 0.465. The molecule has 0 saturated heterocycles. The molecule has 0 radical (unpaired) electrons. The van der Waals surface area contributed by atoms with Crippen LogP contribution in [0.3, 0.4) is 0 Å². The maximum atomic E-state index is 11.0. The van der Waals surface area contributed by atoms with Gasteiger partial charge in [0.25, 0.3) is 20.2 Å². The Balaban J connectivity index is 2.97. The standard InChI is InChI=1S/C10H12O6S2/c11-17(12,13)8-10(18(14,15)16)7-6-9-4-2-1-3-5-9/h1-7,10H,8H2,(H,11,12,13)(H,14,15,16). The van der Waals surface area contributed by atoms with Gasteiger partial charge in [-0.25, -0.2) is 0 Å². The van der Waals surface area contributed by atoms with Crippen LogP contribution in [-0.2, 0) is 20.2 Å².